The van der Waals surface area contributed by atoms with Crippen molar-refractivity contribution in [2.75, 3.05) is 12.5 Å². The molecule has 0 aromatic carbocycles. The van der Waals surface area contributed by atoms with Gasteiger partial charge in [0.15, 0.2) is 0 Å². The number of carbonyl (C=O) groups is 1. The van der Waals surface area contributed by atoms with Crippen LogP contribution in [0.2, 0.25) is 75.5 Å². The zero-order valence-electron chi connectivity index (χ0n) is 21.7. The van der Waals surface area contributed by atoms with E-state index in [1.54, 1.807) is 0 Å². The lowest BCUT2D eigenvalue weighted by atomic mass is 10.4. The lowest BCUT2D eigenvalue weighted by molar-refractivity contribution is 0.0772. The summed E-state index contributed by atoms with van der Waals surface area (Å²) in [5.41, 5.74) is 5.57. The molecule has 0 amide bonds. The van der Waals surface area contributed by atoms with E-state index in [0.717, 1.165) is 0 Å². The van der Waals surface area contributed by atoms with Crippen LogP contribution in [0.3, 0.4) is 0 Å². The summed E-state index contributed by atoms with van der Waals surface area (Å²) >= 11 is 0. The minimum Gasteiger partial charge on any atom is -0.438 e. The van der Waals surface area contributed by atoms with Crippen molar-refractivity contribution in [3.63, 3.8) is 0 Å². The Hall–Kier alpha value is -0.382. The molecule has 176 valence electrons. The van der Waals surface area contributed by atoms with Gasteiger partial charge in [-0.25, -0.2) is 4.79 Å². The maximum atomic E-state index is 12.3. The summed E-state index contributed by atoms with van der Waals surface area (Å²) in [5.74, 6) is 0. The van der Waals surface area contributed by atoms with Gasteiger partial charge in [0, 0.05) is 0 Å². The average Bonchev–Trinajstić information content (AvgIpc) is 2.67. The Bertz CT molecular complexity index is 523. The van der Waals surface area contributed by atoms with Crippen LogP contribution in [0.5, 0.6) is 0 Å². The summed E-state index contributed by atoms with van der Waals surface area (Å²) in [6.45, 7) is 31.4. The van der Waals surface area contributed by atoms with Crippen LogP contribution >= 0.6 is 0 Å². The van der Waals surface area contributed by atoms with Crippen LogP contribution in [0.4, 0.5) is 4.79 Å². The molecule has 0 spiro atoms. The summed E-state index contributed by atoms with van der Waals surface area (Å²) in [6, 6.07) is 2.50. The predicted octanol–water partition coefficient (Wildman–Crippen LogP) is 8.06. The Morgan fingerprint density at radius 2 is 1.03 bits per heavy atom. The van der Waals surface area contributed by atoms with E-state index in [9.17, 15) is 4.79 Å². The van der Waals surface area contributed by atoms with Gasteiger partial charge in [0.05, 0.1) is 44.8 Å². The number of ether oxygens (including phenoxy) is 2. The van der Waals surface area contributed by atoms with Crippen molar-refractivity contribution in [3.05, 3.63) is 24.6 Å². The first-order chi connectivity index (χ1) is 13.5. The number of hydrogen-bond donors (Lipinski definition) is 0. The van der Waals surface area contributed by atoms with E-state index in [4.69, 9.17) is 9.47 Å². The van der Waals surface area contributed by atoms with Crippen molar-refractivity contribution < 1.29 is 14.3 Å². The van der Waals surface area contributed by atoms with Crippen molar-refractivity contribution in [1.29, 1.82) is 0 Å². The normalized spacial score (nSPS) is 15.3. The smallest absolute Gasteiger partial charge is 0.438 e. The fraction of sp³-hybridized carbons (Fsp3) is 0.783. The van der Waals surface area contributed by atoms with E-state index >= 15 is 0 Å². The number of hydrogen-bond acceptors (Lipinski definition) is 3. The monoisotopic (exact) mass is 486 g/mol. The molecule has 2 atom stereocenters. The topological polar surface area (TPSA) is 35.5 Å². The van der Waals surface area contributed by atoms with E-state index in [1.165, 1.54) is 24.9 Å². The van der Waals surface area contributed by atoms with E-state index in [2.05, 4.69) is 90.8 Å². The molecule has 0 aliphatic rings. The lowest BCUT2D eigenvalue weighted by Crippen LogP contribution is -2.41. The van der Waals surface area contributed by atoms with Crippen LogP contribution in [0.1, 0.15) is 26.7 Å². The molecule has 3 nitrogen and oxygen atoms in total. The molecular weight excluding hydrogens is 437 g/mol. The van der Waals surface area contributed by atoms with Crippen LogP contribution in [0.15, 0.2) is 24.6 Å². The second-order valence-electron chi connectivity index (χ2n) is 12.1. The van der Waals surface area contributed by atoms with E-state index < -0.39 is 38.5 Å². The third-order valence-corrected chi connectivity index (χ3v) is 20.4. The molecule has 0 saturated carbocycles. The largest absolute Gasteiger partial charge is 0.507 e. The Kier molecular flexibility index (Phi) is 11.9. The van der Waals surface area contributed by atoms with Crippen molar-refractivity contribution in [3.8, 4) is 0 Å². The highest BCUT2D eigenvalue weighted by Gasteiger charge is 2.34. The molecule has 7 heteroatoms. The molecule has 0 aromatic rings. The maximum Gasteiger partial charge on any atom is 0.507 e. The fourth-order valence-electron chi connectivity index (χ4n) is 2.98. The molecule has 0 aliphatic carbocycles. The standard InChI is InChI=1S/C23H50O3Si4/c1-13-27(5,6)17-15-21(3)29(9,10)19-25-23(24)26-20-30(11,12)22(4)16-18-28(7,8)14-2/h13-14,21-22H,1-2,15-20H2,3-12H3. The quantitative estimate of drug-likeness (QED) is 0.184. The summed E-state index contributed by atoms with van der Waals surface area (Å²) < 4.78 is 11.2. The van der Waals surface area contributed by atoms with E-state index in [1.807, 2.05) is 0 Å². The minimum atomic E-state index is -1.65. The zero-order valence-corrected chi connectivity index (χ0v) is 25.7. The molecule has 2 unspecified atom stereocenters. The molecule has 0 fully saturated rings. The third-order valence-electron chi connectivity index (χ3n) is 7.34. The van der Waals surface area contributed by atoms with Crippen LogP contribution in [-0.4, -0.2) is 50.9 Å². The lowest BCUT2D eigenvalue weighted by Gasteiger charge is -2.32. The molecule has 0 bridgehead atoms. The summed E-state index contributed by atoms with van der Waals surface area (Å²) in [6.07, 6.45) is 3.01. The van der Waals surface area contributed by atoms with Crippen molar-refractivity contribution in [2.45, 2.75) is 102 Å². The Morgan fingerprint density at radius 1 is 0.733 bits per heavy atom. The zero-order chi connectivity index (χ0) is 23.8. The van der Waals surface area contributed by atoms with Gasteiger partial charge in [-0.1, -0.05) is 91.2 Å². The van der Waals surface area contributed by atoms with Crippen LogP contribution < -0.4 is 0 Å². The second kappa shape index (κ2) is 12.0. The Labute approximate surface area is 191 Å². The van der Waals surface area contributed by atoms with Gasteiger partial charge in [-0.3, -0.25) is 0 Å². The highest BCUT2D eigenvalue weighted by Crippen LogP contribution is 2.31. The predicted molar refractivity (Wildman–Crippen MR) is 145 cm³/mol. The maximum absolute atomic E-state index is 12.3. The Balaban J connectivity index is 4.51. The molecule has 0 rings (SSSR count). The van der Waals surface area contributed by atoms with Gasteiger partial charge < -0.3 is 9.47 Å². The first-order valence-electron chi connectivity index (χ1n) is 11.5. The van der Waals surface area contributed by atoms with Gasteiger partial charge in [-0.15, -0.1) is 24.6 Å². The van der Waals surface area contributed by atoms with Crippen molar-refractivity contribution in [1.82, 2.24) is 0 Å². The van der Waals surface area contributed by atoms with Gasteiger partial charge >= 0.3 is 6.16 Å². The molecule has 0 heterocycles. The first kappa shape index (κ1) is 29.6. The summed E-state index contributed by atoms with van der Waals surface area (Å²) in [5, 5.41) is 0. The summed E-state index contributed by atoms with van der Waals surface area (Å²) in [7, 11) is -5.84. The van der Waals surface area contributed by atoms with Gasteiger partial charge in [0.2, 0.25) is 0 Å². The highest BCUT2D eigenvalue weighted by atomic mass is 28.3. The van der Waals surface area contributed by atoms with Crippen molar-refractivity contribution >= 4 is 38.5 Å². The van der Waals surface area contributed by atoms with Gasteiger partial charge in [0.25, 0.3) is 0 Å². The average molecular weight is 487 g/mol. The van der Waals surface area contributed by atoms with Gasteiger partial charge in [-0.05, 0) is 11.1 Å². The Morgan fingerprint density at radius 3 is 1.30 bits per heavy atom. The highest BCUT2D eigenvalue weighted by molar-refractivity contribution is 6.83. The minimum absolute atomic E-state index is 0.475. The van der Waals surface area contributed by atoms with Gasteiger partial charge in [-0.2, -0.15) is 0 Å². The van der Waals surface area contributed by atoms with Crippen LogP contribution in [0, 0.1) is 0 Å². The molecular formula is C23H50O3Si4. The fourth-order valence-corrected chi connectivity index (χ4v) is 9.72. The second-order valence-corrected chi connectivity index (χ2v) is 32.3. The number of carbonyl (C=O) groups excluding carboxylic acids is 1. The molecule has 30 heavy (non-hydrogen) atoms. The third kappa shape index (κ3) is 11.3. The summed E-state index contributed by atoms with van der Waals surface area (Å²) in [4.78, 5) is 12.3. The van der Waals surface area contributed by atoms with Crippen LogP contribution in [-0.2, 0) is 9.47 Å². The molecule has 0 aromatic heterocycles. The molecule has 0 N–H and O–H groups in total. The van der Waals surface area contributed by atoms with Crippen molar-refractivity contribution in [2.24, 2.45) is 0 Å². The van der Waals surface area contributed by atoms with E-state index in [0.29, 0.717) is 23.5 Å². The SMILES string of the molecule is C=C[Si](C)(C)CCC(C)[Si](C)(C)COC(=O)OC[Si](C)(C)C(C)CC[Si](C)(C)C=C. The number of rotatable bonds is 14. The first-order valence-corrected chi connectivity index (χ1v) is 24.7. The molecule has 0 saturated heterocycles. The van der Waals surface area contributed by atoms with Gasteiger partial charge in [0.1, 0.15) is 0 Å². The molecule has 0 radical (unpaired) electrons. The van der Waals surface area contributed by atoms with E-state index in [-0.39, 0.29) is 0 Å². The van der Waals surface area contributed by atoms with Crippen LogP contribution in [0.25, 0.3) is 0 Å². The molecule has 0 aliphatic heterocycles.